The molecule has 0 aromatic carbocycles. The normalized spacial score (nSPS) is 32.8. The Labute approximate surface area is 81.3 Å². The van der Waals surface area contributed by atoms with Gasteiger partial charge in [-0.05, 0) is 20.9 Å². The maximum absolute atomic E-state index is 2.61. The summed E-state index contributed by atoms with van der Waals surface area (Å²) in [5.74, 6) is 0. The molecule has 0 aliphatic carbocycles. The lowest BCUT2D eigenvalue weighted by Gasteiger charge is -2.41. The first-order valence-electron chi connectivity index (χ1n) is 5.37. The number of rotatable bonds is 1. The fraction of sp³-hybridized carbons (Fsp3) is 1.00. The van der Waals surface area contributed by atoms with Crippen LogP contribution in [-0.4, -0.2) is 66.7 Å². The molecular weight excluding hydrogens is 162 g/mol. The van der Waals surface area contributed by atoms with Crippen molar-refractivity contribution in [2.75, 3.05) is 39.8 Å². The number of hydrogen-bond acceptors (Lipinski definition) is 3. The van der Waals surface area contributed by atoms with Gasteiger partial charge in [0.25, 0.3) is 0 Å². The van der Waals surface area contributed by atoms with Crippen LogP contribution in [-0.2, 0) is 0 Å². The average molecular weight is 183 g/mol. The third-order valence-corrected chi connectivity index (χ3v) is 3.47. The summed E-state index contributed by atoms with van der Waals surface area (Å²) >= 11 is 0. The van der Waals surface area contributed by atoms with Gasteiger partial charge in [-0.2, -0.15) is 0 Å². The third kappa shape index (κ3) is 1.73. The zero-order valence-corrected chi connectivity index (χ0v) is 9.03. The zero-order chi connectivity index (χ0) is 9.42. The van der Waals surface area contributed by atoms with Gasteiger partial charge < -0.3 is 0 Å². The van der Waals surface area contributed by atoms with Gasteiger partial charge in [0, 0.05) is 38.8 Å². The van der Waals surface area contributed by atoms with Gasteiger partial charge >= 0.3 is 0 Å². The summed E-state index contributed by atoms with van der Waals surface area (Å²) in [5, 5.41) is 0. The fourth-order valence-corrected chi connectivity index (χ4v) is 2.41. The lowest BCUT2D eigenvalue weighted by Crippen LogP contribution is -2.55. The lowest BCUT2D eigenvalue weighted by molar-refractivity contribution is 0.0356. The minimum atomic E-state index is 0.691. The van der Waals surface area contributed by atoms with Crippen LogP contribution in [0, 0.1) is 0 Å². The number of hydrogen-bond donors (Lipinski definition) is 0. The minimum absolute atomic E-state index is 0.691. The van der Waals surface area contributed by atoms with Crippen LogP contribution in [0.25, 0.3) is 0 Å². The molecule has 0 aromatic heterocycles. The van der Waals surface area contributed by atoms with E-state index < -0.39 is 0 Å². The Morgan fingerprint density at radius 1 is 1.08 bits per heavy atom. The first kappa shape index (κ1) is 9.44. The SMILES string of the molecule is CC(C)N1CCN2CCN(C)C2C1. The van der Waals surface area contributed by atoms with Crippen molar-refractivity contribution in [3.05, 3.63) is 0 Å². The quantitative estimate of drug-likeness (QED) is 0.578. The summed E-state index contributed by atoms with van der Waals surface area (Å²) in [6.07, 6.45) is 0.691. The van der Waals surface area contributed by atoms with Gasteiger partial charge in [-0.15, -0.1) is 0 Å². The first-order chi connectivity index (χ1) is 6.18. The molecule has 0 bridgehead atoms. The molecule has 2 fully saturated rings. The predicted octanol–water partition coefficient (Wildman–Crippen LogP) is 0.284. The summed E-state index contributed by atoms with van der Waals surface area (Å²) in [7, 11) is 2.24. The van der Waals surface area contributed by atoms with Crippen LogP contribution >= 0.6 is 0 Å². The molecule has 0 N–H and O–H groups in total. The Balaban J connectivity index is 1.97. The zero-order valence-electron chi connectivity index (χ0n) is 9.03. The topological polar surface area (TPSA) is 9.72 Å². The highest BCUT2D eigenvalue weighted by atomic mass is 15.5. The highest BCUT2D eigenvalue weighted by molar-refractivity contribution is 4.87. The highest BCUT2D eigenvalue weighted by Crippen LogP contribution is 2.18. The van der Waals surface area contributed by atoms with Gasteiger partial charge in [0.05, 0.1) is 6.17 Å². The molecule has 0 amide bonds. The standard InChI is InChI=1S/C10H21N3/c1-9(2)13-7-6-12-5-4-11(3)10(12)8-13/h9-10H,4-8H2,1-3H3. The smallest absolute Gasteiger partial charge is 0.0752 e. The van der Waals surface area contributed by atoms with Crippen molar-refractivity contribution in [2.24, 2.45) is 0 Å². The Bertz CT molecular complexity index is 181. The van der Waals surface area contributed by atoms with E-state index in [1.165, 1.54) is 32.7 Å². The summed E-state index contributed by atoms with van der Waals surface area (Å²) in [4.78, 5) is 7.68. The van der Waals surface area contributed by atoms with Gasteiger partial charge in [-0.1, -0.05) is 0 Å². The molecule has 0 spiro atoms. The fourth-order valence-electron chi connectivity index (χ4n) is 2.41. The van der Waals surface area contributed by atoms with Gasteiger partial charge in [0.2, 0.25) is 0 Å². The second-order valence-electron chi connectivity index (χ2n) is 4.59. The molecule has 2 heterocycles. The molecule has 2 rings (SSSR count). The van der Waals surface area contributed by atoms with Crippen LogP contribution in [0.15, 0.2) is 0 Å². The number of likely N-dealkylation sites (N-methyl/N-ethyl adjacent to an activating group) is 1. The number of nitrogens with zero attached hydrogens (tertiary/aromatic N) is 3. The molecule has 0 saturated carbocycles. The van der Waals surface area contributed by atoms with Gasteiger partial charge in [0.15, 0.2) is 0 Å². The second-order valence-corrected chi connectivity index (χ2v) is 4.59. The van der Waals surface area contributed by atoms with Gasteiger partial charge in [-0.3, -0.25) is 14.7 Å². The Kier molecular flexibility index (Phi) is 2.58. The molecule has 2 aliphatic rings. The monoisotopic (exact) mass is 183 g/mol. The van der Waals surface area contributed by atoms with Crippen LogP contribution in [0.2, 0.25) is 0 Å². The molecule has 2 saturated heterocycles. The summed E-state index contributed by atoms with van der Waals surface area (Å²) in [5.41, 5.74) is 0. The lowest BCUT2D eigenvalue weighted by atomic mass is 10.2. The molecule has 2 aliphatic heterocycles. The van der Waals surface area contributed by atoms with Crippen LogP contribution < -0.4 is 0 Å². The maximum Gasteiger partial charge on any atom is 0.0752 e. The molecule has 3 nitrogen and oxygen atoms in total. The van der Waals surface area contributed by atoms with E-state index in [4.69, 9.17) is 0 Å². The van der Waals surface area contributed by atoms with Crippen molar-refractivity contribution in [2.45, 2.75) is 26.1 Å². The molecule has 13 heavy (non-hydrogen) atoms. The van der Waals surface area contributed by atoms with Crippen molar-refractivity contribution >= 4 is 0 Å². The van der Waals surface area contributed by atoms with Crippen molar-refractivity contribution in [1.82, 2.24) is 14.7 Å². The summed E-state index contributed by atoms with van der Waals surface area (Å²) in [6, 6.07) is 0.705. The second kappa shape index (κ2) is 3.56. The average Bonchev–Trinajstić information content (AvgIpc) is 2.47. The highest BCUT2D eigenvalue weighted by Gasteiger charge is 2.34. The molecule has 3 heteroatoms. The summed E-state index contributed by atoms with van der Waals surface area (Å²) < 4.78 is 0. The van der Waals surface area contributed by atoms with E-state index in [2.05, 4.69) is 35.6 Å². The van der Waals surface area contributed by atoms with E-state index in [-0.39, 0.29) is 0 Å². The maximum atomic E-state index is 2.61. The Morgan fingerprint density at radius 3 is 2.46 bits per heavy atom. The summed E-state index contributed by atoms with van der Waals surface area (Å²) in [6.45, 7) is 10.8. The van der Waals surface area contributed by atoms with E-state index in [9.17, 15) is 0 Å². The molecule has 0 radical (unpaired) electrons. The van der Waals surface area contributed by atoms with E-state index in [1.807, 2.05) is 0 Å². The Hall–Kier alpha value is -0.120. The van der Waals surface area contributed by atoms with Crippen LogP contribution in [0.1, 0.15) is 13.8 Å². The van der Waals surface area contributed by atoms with Crippen LogP contribution in [0.4, 0.5) is 0 Å². The molecule has 76 valence electrons. The third-order valence-electron chi connectivity index (χ3n) is 3.47. The first-order valence-corrected chi connectivity index (χ1v) is 5.37. The minimum Gasteiger partial charge on any atom is -0.297 e. The number of piperazine rings is 1. The molecule has 1 atom stereocenters. The van der Waals surface area contributed by atoms with Crippen molar-refractivity contribution in [3.8, 4) is 0 Å². The largest absolute Gasteiger partial charge is 0.297 e. The van der Waals surface area contributed by atoms with Crippen molar-refractivity contribution < 1.29 is 0 Å². The van der Waals surface area contributed by atoms with Gasteiger partial charge in [0.1, 0.15) is 0 Å². The van der Waals surface area contributed by atoms with Crippen LogP contribution in [0.5, 0.6) is 0 Å². The van der Waals surface area contributed by atoms with E-state index in [1.54, 1.807) is 0 Å². The molecule has 1 unspecified atom stereocenters. The Morgan fingerprint density at radius 2 is 1.77 bits per heavy atom. The molecular formula is C10H21N3. The predicted molar refractivity (Wildman–Crippen MR) is 54.7 cm³/mol. The van der Waals surface area contributed by atoms with Crippen molar-refractivity contribution in [1.29, 1.82) is 0 Å². The van der Waals surface area contributed by atoms with Crippen LogP contribution in [0.3, 0.4) is 0 Å². The molecule has 0 aromatic rings. The van der Waals surface area contributed by atoms with Gasteiger partial charge in [-0.25, -0.2) is 0 Å². The van der Waals surface area contributed by atoms with Crippen molar-refractivity contribution in [3.63, 3.8) is 0 Å². The van der Waals surface area contributed by atoms with E-state index in [0.29, 0.717) is 12.2 Å². The van der Waals surface area contributed by atoms with E-state index in [0.717, 1.165) is 0 Å². The number of fused-ring (bicyclic) bond motifs is 1. The van der Waals surface area contributed by atoms with E-state index >= 15 is 0 Å².